The fraction of sp³-hybridized carbons (Fsp3) is 0.286. The van der Waals surface area contributed by atoms with Crippen molar-refractivity contribution in [1.29, 1.82) is 0 Å². The third kappa shape index (κ3) is 3.94. The molecule has 0 atom stereocenters. The molecule has 3 aromatic rings. The number of nitrogens with zero attached hydrogens (tertiary/aromatic N) is 4. The first kappa shape index (κ1) is 18.7. The predicted molar refractivity (Wildman–Crippen MR) is 113 cm³/mol. The number of ether oxygens (including phenoxy) is 1. The Bertz CT molecular complexity index is 1000. The lowest BCUT2D eigenvalue weighted by Crippen LogP contribution is -2.49. The highest BCUT2D eigenvalue weighted by Gasteiger charge is 2.23. The zero-order valence-corrected chi connectivity index (χ0v) is 17.2. The lowest BCUT2D eigenvalue weighted by atomic mass is 10.1. The van der Waals surface area contributed by atoms with Crippen molar-refractivity contribution in [3.05, 3.63) is 58.8 Å². The van der Waals surface area contributed by atoms with E-state index in [0.29, 0.717) is 19.5 Å². The number of carbonyl (C=O) groups is 1. The van der Waals surface area contributed by atoms with Crippen molar-refractivity contribution in [2.75, 3.05) is 38.2 Å². The van der Waals surface area contributed by atoms with Gasteiger partial charge in [-0.2, -0.15) is 0 Å². The molecule has 0 radical (unpaired) electrons. The number of carbonyl (C=O) groups excluding carboxylic acids is 1. The summed E-state index contributed by atoms with van der Waals surface area (Å²) >= 11 is 3.53. The summed E-state index contributed by atoms with van der Waals surface area (Å²) in [7, 11) is 1.63. The lowest BCUT2D eigenvalue weighted by Gasteiger charge is -2.35. The average Bonchev–Trinajstić information content (AvgIpc) is 2.73. The van der Waals surface area contributed by atoms with E-state index in [9.17, 15) is 4.79 Å². The van der Waals surface area contributed by atoms with Gasteiger partial charge in [0.25, 0.3) is 0 Å². The molecule has 7 heteroatoms. The first-order valence-electron chi connectivity index (χ1n) is 9.20. The van der Waals surface area contributed by atoms with Crippen molar-refractivity contribution >= 4 is 38.6 Å². The monoisotopic (exact) mass is 440 g/mol. The second-order valence-electron chi connectivity index (χ2n) is 6.75. The molecule has 2 aromatic carbocycles. The van der Waals surface area contributed by atoms with Gasteiger partial charge in [0.15, 0.2) is 0 Å². The zero-order chi connectivity index (χ0) is 19.5. The smallest absolute Gasteiger partial charge is 0.227 e. The van der Waals surface area contributed by atoms with Crippen LogP contribution in [0.2, 0.25) is 0 Å². The van der Waals surface area contributed by atoms with Crippen molar-refractivity contribution in [2.24, 2.45) is 0 Å². The van der Waals surface area contributed by atoms with E-state index in [4.69, 9.17) is 4.74 Å². The third-order valence-corrected chi connectivity index (χ3v) is 5.49. The van der Waals surface area contributed by atoms with Crippen LogP contribution in [0.5, 0.6) is 5.75 Å². The number of amides is 1. The summed E-state index contributed by atoms with van der Waals surface area (Å²) in [5.41, 5.74) is 1.89. The Kier molecular flexibility index (Phi) is 5.43. The fourth-order valence-corrected chi connectivity index (χ4v) is 3.86. The summed E-state index contributed by atoms with van der Waals surface area (Å²) in [6, 6.07) is 13.7. The molecule has 1 fully saturated rings. The van der Waals surface area contributed by atoms with Crippen LogP contribution in [0.4, 0.5) is 5.82 Å². The van der Waals surface area contributed by atoms with Crippen molar-refractivity contribution in [3.63, 3.8) is 0 Å². The Morgan fingerprint density at radius 1 is 1.11 bits per heavy atom. The second kappa shape index (κ2) is 8.14. The molecule has 2 heterocycles. The standard InChI is InChI=1S/C21H21BrN4O2/c1-28-17-4-2-3-15(11-17)12-20(27)25-7-9-26(10-8-25)21-18-13-16(22)5-6-19(18)23-14-24-21/h2-6,11,13-14H,7-10,12H2,1H3. The van der Waals surface area contributed by atoms with Crippen LogP contribution in [-0.2, 0) is 11.2 Å². The average molecular weight is 441 g/mol. The van der Waals surface area contributed by atoms with Crippen molar-refractivity contribution in [3.8, 4) is 5.75 Å². The van der Waals surface area contributed by atoms with Gasteiger partial charge in [-0.1, -0.05) is 28.1 Å². The third-order valence-electron chi connectivity index (χ3n) is 5.00. The van der Waals surface area contributed by atoms with Gasteiger partial charge < -0.3 is 14.5 Å². The molecule has 4 rings (SSSR count). The van der Waals surface area contributed by atoms with E-state index in [2.05, 4.69) is 30.8 Å². The maximum absolute atomic E-state index is 12.7. The number of rotatable bonds is 4. The van der Waals surface area contributed by atoms with Gasteiger partial charge in [0.05, 0.1) is 19.0 Å². The molecule has 1 aliphatic rings. The fourth-order valence-electron chi connectivity index (χ4n) is 3.50. The van der Waals surface area contributed by atoms with Gasteiger partial charge in [-0.05, 0) is 35.9 Å². The Hall–Kier alpha value is -2.67. The van der Waals surface area contributed by atoms with Crippen LogP contribution < -0.4 is 9.64 Å². The van der Waals surface area contributed by atoms with Gasteiger partial charge in [0.2, 0.25) is 5.91 Å². The summed E-state index contributed by atoms with van der Waals surface area (Å²) in [5, 5.41) is 1.02. The minimum Gasteiger partial charge on any atom is -0.497 e. The summed E-state index contributed by atoms with van der Waals surface area (Å²) in [6.45, 7) is 2.87. The van der Waals surface area contributed by atoms with Crippen LogP contribution in [0, 0.1) is 0 Å². The highest BCUT2D eigenvalue weighted by atomic mass is 79.9. The minimum atomic E-state index is 0.142. The first-order chi connectivity index (χ1) is 13.6. The highest BCUT2D eigenvalue weighted by Crippen LogP contribution is 2.27. The van der Waals surface area contributed by atoms with Gasteiger partial charge in [-0.3, -0.25) is 4.79 Å². The number of piperazine rings is 1. The molecule has 0 saturated carbocycles. The molecule has 1 amide bonds. The molecule has 144 valence electrons. The SMILES string of the molecule is COc1cccc(CC(=O)N2CCN(c3ncnc4ccc(Br)cc34)CC2)c1. The number of benzene rings is 2. The van der Waals surface area contributed by atoms with Crippen LogP contribution in [0.3, 0.4) is 0 Å². The van der Waals surface area contributed by atoms with Crippen LogP contribution in [0.25, 0.3) is 10.9 Å². The predicted octanol–water partition coefficient (Wildman–Crippen LogP) is 3.29. The topological polar surface area (TPSA) is 58.6 Å². The van der Waals surface area contributed by atoms with E-state index in [0.717, 1.165) is 45.6 Å². The van der Waals surface area contributed by atoms with Crippen molar-refractivity contribution < 1.29 is 9.53 Å². The maximum atomic E-state index is 12.7. The number of methoxy groups -OCH3 is 1. The summed E-state index contributed by atoms with van der Waals surface area (Å²) in [6.07, 6.45) is 1.99. The number of aromatic nitrogens is 2. The molecule has 1 aliphatic heterocycles. The molecular weight excluding hydrogens is 420 g/mol. The normalized spacial score (nSPS) is 14.4. The summed E-state index contributed by atoms with van der Waals surface area (Å²) in [5.74, 6) is 1.84. The van der Waals surface area contributed by atoms with Crippen LogP contribution >= 0.6 is 15.9 Å². The van der Waals surface area contributed by atoms with Gasteiger partial charge in [-0.15, -0.1) is 0 Å². The Balaban J connectivity index is 1.43. The molecule has 0 bridgehead atoms. The Morgan fingerprint density at radius 3 is 2.71 bits per heavy atom. The molecule has 0 aliphatic carbocycles. The molecule has 0 N–H and O–H groups in total. The molecule has 28 heavy (non-hydrogen) atoms. The number of anilines is 1. The van der Waals surface area contributed by atoms with Crippen LogP contribution in [-0.4, -0.2) is 54.1 Å². The largest absolute Gasteiger partial charge is 0.497 e. The van der Waals surface area contributed by atoms with E-state index in [1.807, 2.05) is 47.4 Å². The van der Waals surface area contributed by atoms with E-state index in [1.165, 1.54) is 0 Å². The number of hydrogen-bond acceptors (Lipinski definition) is 5. The van der Waals surface area contributed by atoms with Gasteiger partial charge in [0.1, 0.15) is 17.9 Å². The van der Waals surface area contributed by atoms with E-state index >= 15 is 0 Å². The summed E-state index contributed by atoms with van der Waals surface area (Å²) < 4.78 is 6.24. The second-order valence-corrected chi connectivity index (χ2v) is 7.67. The highest BCUT2D eigenvalue weighted by molar-refractivity contribution is 9.10. The molecule has 6 nitrogen and oxygen atoms in total. The number of halogens is 1. The minimum absolute atomic E-state index is 0.142. The molecular formula is C21H21BrN4O2. The molecule has 0 spiro atoms. The first-order valence-corrected chi connectivity index (χ1v) is 9.99. The van der Waals surface area contributed by atoms with Gasteiger partial charge in [0, 0.05) is 36.0 Å². The number of hydrogen-bond donors (Lipinski definition) is 0. The van der Waals surface area contributed by atoms with Gasteiger partial charge >= 0.3 is 0 Å². The van der Waals surface area contributed by atoms with E-state index in [-0.39, 0.29) is 5.91 Å². The summed E-state index contributed by atoms with van der Waals surface area (Å²) in [4.78, 5) is 25.7. The lowest BCUT2D eigenvalue weighted by molar-refractivity contribution is -0.130. The quantitative estimate of drug-likeness (QED) is 0.622. The Labute approximate surface area is 172 Å². The Morgan fingerprint density at radius 2 is 1.93 bits per heavy atom. The molecule has 1 aromatic heterocycles. The van der Waals surface area contributed by atoms with Crippen molar-refractivity contribution in [1.82, 2.24) is 14.9 Å². The van der Waals surface area contributed by atoms with E-state index in [1.54, 1.807) is 13.4 Å². The zero-order valence-electron chi connectivity index (χ0n) is 15.6. The van der Waals surface area contributed by atoms with Crippen LogP contribution in [0.1, 0.15) is 5.56 Å². The van der Waals surface area contributed by atoms with Crippen molar-refractivity contribution in [2.45, 2.75) is 6.42 Å². The van der Waals surface area contributed by atoms with Crippen LogP contribution in [0.15, 0.2) is 53.3 Å². The molecule has 1 saturated heterocycles. The maximum Gasteiger partial charge on any atom is 0.227 e. The van der Waals surface area contributed by atoms with E-state index < -0.39 is 0 Å². The number of fused-ring (bicyclic) bond motifs is 1. The van der Waals surface area contributed by atoms with Gasteiger partial charge in [-0.25, -0.2) is 9.97 Å². The molecule has 0 unspecified atom stereocenters.